The number of hydrogen-bond donors (Lipinski definition) is 2. The van der Waals surface area contributed by atoms with Gasteiger partial charge in [0.25, 0.3) is 0 Å². The molecule has 1 saturated heterocycles. The SMILES string of the molecule is CN1C(=O)C(C(=O)Nc2ccccc2F)C1c1cccc(O)c1. The first-order valence-corrected chi connectivity index (χ1v) is 7.10. The fourth-order valence-corrected chi connectivity index (χ4v) is 2.79. The molecule has 0 aromatic heterocycles. The number of nitrogens with one attached hydrogen (secondary N) is 1. The van der Waals surface area contributed by atoms with Crippen molar-refractivity contribution >= 4 is 17.5 Å². The van der Waals surface area contributed by atoms with Gasteiger partial charge in [0.15, 0.2) is 0 Å². The molecule has 2 unspecified atom stereocenters. The van der Waals surface area contributed by atoms with E-state index in [2.05, 4.69) is 5.32 Å². The topological polar surface area (TPSA) is 69.6 Å². The highest BCUT2D eigenvalue weighted by atomic mass is 19.1. The van der Waals surface area contributed by atoms with Crippen LogP contribution in [0, 0.1) is 11.7 Å². The Kier molecular flexibility index (Phi) is 3.73. The lowest BCUT2D eigenvalue weighted by Crippen LogP contribution is -2.57. The Morgan fingerprint density at radius 2 is 1.96 bits per heavy atom. The minimum atomic E-state index is -0.943. The predicted octanol–water partition coefficient (Wildman–Crippen LogP) is 2.30. The Bertz CT molecular complexity index is 778. The molecule has 2 N–H and O–H groups in total. The number of carbonyl (C=O) groups excluding carboxylic acids is 2. The molecule has 0 saturated carbocycles. The number of para-hydroxylation sites is 1. The number of amides is 2. The Hall–Kier alpha value is -2.89. The number of phenolic OH excluding ortho intramolecular Hbond substituents is 1. The molecule has 6 heteroatoms. The molecule has 5 nitrogen and oxygen atoms in total. The van der Waals surface area contributed by atoms with E-state index in [1.807, 2.05) is 0 Å². The van der Waals surface area contributed by atoms with E-state index in [-0.39, 0.29) is 17.3 Å². The third-order valence-electron chi connectivity index (χ3n) is 3.97. The van der Waals surface area contributed by atoms with Crippen LogP contribution in [0.2, 0.25) is 0 Å². The van der Waals surface area contributed by atoms with E-state index in [0.29, 0.717) is 5.56 Å². The fraction of sp³-hybridized carbons (Fsp3) is 0.176. The Labute approximate surface area is 132 Å². The van der Waals surface area contributed by atoms with Gasteiger partial charge in [-0.2, -0.15) is 0 Å². The van der Waals surface area contributed by atoms with Crippen LogP contribution in [0.5, 0.6) is 5.75 Å². The summed E-state index contributed by atoms with van der Waals surface area (Å²) in [6.07, 6.45) is 0. The number of nitrogens with zero attached hydrogens (tertiary/aromatic N) is 1. The van der Waals surface area contributed by atoms with Crippen LogP contribution in [0.4, 0.5) is 10.1 Å². The van der Waals surface area contributed by atoms with Crippen LogP contribution in [0.1, 0.15) is 11.6 Å². The monoisotopic (exact) mass is 314 g/mol. The maximum Gasteiger partial charge on any atom is 0.239 e. The van der Waals surface area contributed by atoms with E-state index in [4.69, 9.17) is 0 Å². The quantitative estimate of drug-likeness (QED) is 0.674. The molecular weight excluding hydrogens is 299 g/mol. The number of likely N-dealkylation sites (tertiary alicyclic amines) is 1. The van der Waals surface area contributed by atoms with Crippen LogP contribution in [-0.4, -0.2) is 28.9 Å². The van der Waals surface area contributed by atoms with Crippen molar-refractivity contribution in [2.45, 2.75) is 6.04 Å². The summed E-state index contributed by atoms with van der Waals surface area (Å²) in [5, 5.41) is 12.0. The second-order valence-electron chi connectivity index (χ2n) is 5.44. The second kappa shape index (κ2) is 5.72. The number of carbonyl (C=O) groups is 2. The van der Waals surface area contributed by atoms with Gasteiger partial charge in [-0.15, -0.1) is 0 Å². The Morgan fingerprint density at radius 1 is 1.22 bits per heavy atom. The fourth-order valence-electron chi connectivity index (χ4n) is 2.79. The lowest BCUT2D eigenvalue weighted by molar-refractivity contribution is -0.158. The summed E-state index contributed by atoms with van der Waals surface area (Å²) in [5.74, 6) is -2.35. The number of hydrogen-bond acceptors (Lipinski definition) is 3. The molecule has 0 bridgehead atoms. The van der Waals surface area contributed by atoms with Gasteiger partial charge in [-0.3, -0.25) is 9.59 Å². The molecular formula is C17H15FN2O3. The lowest BCUT2D eigenvalue weighted by atomic mass is 9.82. The van der Waals surface area contributed by atoms with Crippen molar-refractivity contribution in [3.8, 4) is 5.75 Å². The van der Waals surface area contributed by atoms with E-state index < -0.39 is 23.7 Å². The molecule has 2 atom stereocenters. The molecule has 1 heterocycles. The largest absolute Gasteiger partial charge is 0.508 e. The van der Waals surface area contributed by atoms with Gasteiger partial charge in [0, 0.05) is 7.05 Å². The third-order valence-corrected chi connectivity index (χ3v) is 3.97. The first-order valence-electron chi connectivity index (χ1n) is 7.10. The highest BCUT2D eigenvalue weighted by Crippen LogP contribution is 2.40. The van der Waals surface area contributed by atoms with Gasteiger partial charge in [-0.1, -0.05) is 24.3 Å². The lowest BCUT2D eigenvalue weighted by Gasteiger charge is -2.44. The number of rotatable bonds is 3. The minimum absolute atomic E-state index is 0.0366. The number of phenols is 1. The van der Waals surface area contributed by atoms with Gasteiger partial charge in [0.05, 0.1) is 11.7 Å². The van der Waals surface area contributed by atoms with Crippen molar-refractivity contribution in [1.82, 2.24) is 4.90 Å². The van der Waals surface area contributed by atoms with Crippen molar-refractivity contribution < 1.29 is 19.1 Å². The Balaban J connectivity index is 1.84. The van der Waals surface area contributed by atoms with Crippen molar-refractivity contribution in [2.24, 2.45) is 5.92 Å². The van der Waals surface area contributed by atoms with Crippen LogP contribution in [0.25, 0.3) is 0 Å². The van der Waals surface area contributed by atoms with Gasteiger partial charge >= 0.3 is 0 Å². The van der Waals surface area contributed by atoms with Crippen LogP contribution in [0.3, 0.4) is 0 Å². The molecule has 1 aliphatic rings. The summed E-state index contributed by atoms with van der Waals surface area (Å²) in [5.41, 5.74) is 0.690. The van der Waals surface area contributed by atoms with E-state index in [0.717, 1.165) is 0 Å². The molecule has 2 aromatic rings. The van der Waals surface area contributed by atoms with Crippen molar-refractivity contribution in [3.05, 3.63) is 59.9 Å². The minimum Gasteiger partial charge on any atom is -0.508 e. The first kappa shape index (κ1) is 15.0. The molecule has 2 amide bonds. The molecule has 23 heavy (non-hydrogen) atoms. The summed E-state index contributed by atoms with van der Waals surface area (Å²) < 4.78 is 13.6. The maximum absolute atomic E-state index is 13.6. The highest BCUT2D eigenvalue weighted by Gasteiger charge is 2.50. The maximum atomic E-state index is 13.6. The summed E-state index contributed by atoms with van der Waals surface area (Å²) in [6, 6.07) is 11.7. The summed E-state index contributed by atoms with van der Waals surface area (Å²) in [4.78, 5) is 25.9. The van der Waals surface area contributed by atoms with Crippen LogP contribution in [0.15, 0.2) is 48.5 Å². The van der Waals surface area contributed by atoms with E-state index in [1.165, 1.54) is 35.2 Å². The molecule has 0 radical (unpaired) electrons. The van der Waals surface area contributed by atoms with Crippen molar-refractivity contribution in [1.29, 1.82) is 0 Å². The first-order chi connectivity index (χ1) is 11.0. The molecule has 2 aromatic carbocycles. The average Bonchev–Trinajstić information content (AvgIpc) is 2.53. The molecule has 1 fully saturated rings. The number of anilines is 1. The van der Waals surface area contributed by atoms with E-state index >= 15 is 0 Å². The summed E-state index contributed by atoms with van der Waals surface area (Å²) in [6.45, 7) is 0. The van der Waals surface area contributed by atoms with Crippen LogP contribution >= 0.6 is 0 Å². The molecule has 0 aliphatic carbocycles. The van der Waals surface area contributed by atoms with Crippen molar-refractivity contribution in [2.75, 3.05) is 12.4 Å². The highest BCUT2D eigenvalue weighted by molar-refractivity contribution is 6.10. The van der Waals surface area contributed by atoms with Gasteiger partial charge in [-0.25, -0.2) is 4.39 Å². The normalized spacial score (nSPS) is 20.1. The predicted molar refractivity (Wildman–Crippen MR) is 82.1 cm³/mol. The van der Waals surface area contributed by atoms with Gasteiger partial charge in [-0.05, 0) is 29.8 Å². The van der Waals surface area contributed by atoms with Crippen molar-refractivity contribution in [3.63, 3.8) is 0 Å². The number of aromatic hydroxyl groups is 1. The van der Waals surface area contributed by atoms with Crippen LogP contribution in [-0.2, 0) is 9.59 Å². The van der Waals surface area contributed by atoms with Gasteiger partial charge in [0.2, 0.25) is 11.8 Å². The average molecular weight is 314 g/mol. The van der Waals surface area contributed by atoms with Gasteiger partial charge < -0.3 is 15.3 Å². The second-order valence-corrected chi connectivity index (χ2v) is 5.44. The molecule has 118 valence electrons. The Morgan fingerprint density at radius 3 is 2.65 bits per heavy atom. The molecule has 1 aliphatic heterocycles. The third kappa shape index (κ3) is 2.63. The zero-order valence-corrected chi connectivity index (χ0v) is 12.4. The molecule has 0 spiro atoms. The molecule has 3 rings (SSSR count). The number of benzene rings is 2. The van der Waals surface area contributed by atoms with E-state index in [9.17, 15) is 19.1 Å². The van der Waals surface area contributed by atoms with Gasteiger partial charge in [0.1, 0.15) is 17.5 Å². The number of β-lactam (4-membered cyclic amide) rings is 1. The summed E-state index contributed by atoms with van der Waals surface area (Å²) in [7, 11) is 1.59. The van der Waals surface area contributed by atoms with Crippen LogP contribution < -0.4 is 5.32 Å². The smallest absolute Gasteiger partial charge is 0.239 e. The zero-order chi connectivity index (χ0) is 16.6. The summed E-state index contributed by atoms with van der Waals surface area (Å²) >= 11 is 0. The van der Waals surface area contributed by atoms with E-state index in [1.54, 1.807) is 25.2 Å². The zero-order valence-electron chi connectivity index (χ0n) is 12.4. The standard InChI is InChI=1S/C17H15FN2O3/c1-20-15(10-5-4-6-11(21)9-10)14(17(20)23)16(22)19-13-8-3-2-7-12(13)18/h2-9,14-15,21H,1H3,(H,19,22). The number of halogens is 1.